The van der Waals surface area contributed by atoms with Crippen LogP contribution in [0.1, 0.15) is 5.56 Å². The molecule has 1 N–H and O–H groups in total. The van der Waals surface area contributed by atoms with Gasteiger partial charge in [0.05, 0.1) is 11.6 Å². The maximum absolute atomic E-state index is 14.1. The molecule has 0 fully saturated rings. The number of nitrogens with zero attached hydrogens (tertiary/aromatic N) is 1. The molecule has 0 aliphatic carbocycles. The van der Waals surface area contributed by atoms with Crippen LogP contribution in [0, 0.1) is 5.82 Å². The molecular formula is C15H16ClFN2OS. The van der Waals surface area contributed by atoms with Gasteiger partial charge in [0.2, 0.25) is 0 Å². The van der Waals surface area contributed by atoms with Crippen LogP contribution in [-0.4, -0.2) is 25.2 Å². The first-order valence-corrected chi connectivity index (χ1v) is 7.66. The zero-order valence-corrected chi connectivity index (χ0v) is 13.2. The lowest BCUT2D eigenvalue weighted by atomic mass is 10.2. The molecule has 0 unspecified atom stereocenters. The van der Waals surface area contributed by atoms with Gasteiger partial charge in [-0.1, -0.05) is 29.4 Å². The van der Waals surface area contributed by atoms with E-state index in [1.807, 2.05) is 6.07 Å². The SMILES string of the molecule is COCCNCc1ccc(Sc2ccc(Cl)cn2)c(F)c1. The summed E-state index contributed by atoms with van der Waals surface area (Å²) in [6, 6.07) is 8.72. The smallest absolute Gasteiger partial charge is 0.137 e. The first-order chi connectivity index (χ1) is 10.2. The number of rotatable bonds is 7. The van der Waals surface area contributed by atoms with E-state index in [-0.39, 0.29) is 5.82 Å². The molecule has 1 heterocycles. The van der Waals surface area contributed by atoms with Gasteiger partial charge in [-0.15, -0.1) is 0 Å². The van der Waals surface area contributed by atoms with Gasteiger partial charge in [0, 0.05) is 31.3 Å². The molecule has 0 amide bonds. The Kier molecular flexibility index (Phi) is 6.45. The van der Waals surface area contributed by atoms with Gasteiger partial charge in [0.15, 0.2) is 0 Å². The maximum Gasteiger partial charge on any atom is 0.137 e. The van der Waals surface area contributed by atoms with E-state index >= 15 is 0 Å². The molecule has 21 heavy (non-hydrogen) atoms. The van der Waals surface area contributed by atoms with Gasteiger partial charge in [-0.25, -0.2) is 9.37 Å². The average Bonchev–Trinajstić information content (AvgIpc) is 2.48. The summed E-state index contributed by atoms with van der Waals surface area (Å²) in [6.45, 7) is 1.99. The van der Waals surface area contributed by atoms with Crippen LogP contribution in [0.15, 0.2) is 46.5 Å². The second-order valence-electron chi connectivity index (χ2n) is 4.35. The topological polar surface area (TPSA) is 34.1 Å². The van der Waals surface area contributed by atoms with E-state index in [4.69, 9.17) is 16.3 Å². The Morgan fingerprint density at radius 1 is 1.33 bits per heavy atom. The fraction of sp³-hybridized carbons (Fsp3) is 0.267. The molecule has 1 aromatic heterocycles. The third kappa shape index (κ3) is 5.28. The Bertz CT molecular complexity index is 580. The van der Waals surface area contributed by atoms with E-state index in [1.165, 1.54) is 17.8 Å². The lowest BCUT2D eigenvalue weighted by Gasteiger charge is -2.07. The van der Waals surface area contributed by atoms with Gasteiger partial charge in [0.1, 0.15) is 10.8 Å². The number of ether oxygens (including phenoxy) is 1. The zero-order valence-electron chi connectivity index (χ0n) is 11.6. The van der Waals surface area contributed by atoms with Crippen molar-refractivity contribution in [1.29, 1.82) is 0 Å². The van der Waals surface area contributed by atoms with Crippen LogP contribution in [0.4, 0.5) is 4.39 Å². The molecule has 0 aliphatic heterocycles. The van der Waals surface area contributed by atoms with Crippen LogP contribution in [0.3, 0.4) is 0 Å². The van der Waals surface area contributed by atoms with Gasteiger partial charge in [-0.05, 0) is 29.8 Å². The van der Waals surface area contributed by atoms with Crippen molar-refractivity contribution in [3.8, 4) is 0 Å². The summed E-state index contributed by atoms with van der Waals surface area (Å²) in [5.74, 6) is -0.247. The molecule has 0 saturated carbocycles. The number of hydrogen-bond acceptors (Lipinski definition) is 4. The van der Waals surface area contributed by atoms with Gasteiger partial charge >= 0.3 is 0 Å². The molecule has 1 aromatic carbocycles. The van der Waals surface area contributed by atoms with Crippen molar-refractivity contribution in [2.75, 3.05) is 20.3 Å². The summed E-state index contributed by atoms with van der Waals surface area (Å²) < 4.78 is 19.0. The van der Waals surface area contributed by atoms with Crippen LogP contribution in [0.2, 0.25) is 5.02 Å². The molecule has 0 atom stereocenters. The average molecular weight is 327 g/mol. The predicted molar refractivity (Wildman–Crippen MR) is 83.4 cm³/mol. The molecule has 2 aromatic rings. The van der Waals surface area contributed by atoms with Crippen LogP contribution in [0.25, 0.3) is 0 Å². The van der Waals surface area contributed by atoms with Crippen LogP contribution < -0.4 is 5.32 Å². The normalized spacial score (nSPS) is 10.8. The van der Waals surface area contributed by atoms with Gasteiger partial charge in [-0.2, -0.15) is 0 Å². The summed E-state index contributed by atoms with van der Waals surface area (Å²) in [6.07, 6.45) is 1.55. The molecule has 0 aliphatic rings. The van der Waals surface area contributed by atoms with Crippen molar-refractivity contribution in [3.63, 3.8) is 0 Å². The summed E-state index contributed by atoms with van der Waals surface area (Å²) in [7, 11) is 1.65. The van der Waals surface area contributed by atoms with Gasteiger partial charge < -0.3 is 10.1 Å². The fourth-order valence-corrected chi connectivity index (χ4v) is 2.55. The Labute approximate surface area is 132 Å². The highest BCUT2D eigenvalue weighted by molar-refractivity contribution is 7.99. The monoisotopic (exact) mass is 326 g/mol. The Balaban J connectivity index is 1.97. The molecule has 2 rings (SSSR count). The number of benzene rings is 1. The van der Waals surface area contributed by atoms with E-state index in [2.05, 4.69) is 10.3 Å². The number of aromatic nitrogens is 1. The van der Waals surface area contributed by atoms with E-state index in [9.17, 15) is 4.39 Å². The number of hydrogen-bond donors (Lipinski definition) is 1. The quantitative estimate of drug-likeness (QED) is 0.786. The van der Waals surface area contributed by atoms with Crippen molar-refractivity contribution in [1.82, 2.24) is 10.3 Å². The maximum atomic E-state index is 14.1. The highest BCUT2D eigenvalue weighted by atomic mass is 35.5. The van der Waals surface area contributed by atoms with Crippen molar-refractivity contribution in [2.24, 2.45) is 0 Å². The lowest BCUT2D eigenvalue weighted by Crippen LogP contribution is -2.18. The number of methoxy groups -OCH3 is 1. The van der Waals surface area contributed by atoms with Crippen molar-refractivity contribution in [2.45, 2.75) is 16.5 Å². The van der Waals surface area contributed by atoms with Crippen molar-refractivity contribution >= 4 is 23.4 Å². The molecule has 0 bridgehead atoms. The largest absolute Gasteiger partial charge is 0.383 e. The molecule has 0 saturated heterocycles. The second kappa shape index (κ2) is 8.34. The minimum absolute atomic E-state index is 0.247. The van der Waals surface area contributed by atoms with Crippen LogP contribution in [-0.2, 0) is 11.3 Å². The summed E-state index contributed by atoms with van der Waals surface area (Å²) in [4.78, 5) is 4.69. The Hall–Kier alpha value is -1.14. The minimum Gasteiger partial charge on any atom is -0.383 e. The molecule has 0 spiro atoms. The van der Waals surface area contributed by atoms with Gasteiger partial charge in [0.25, 0.3) is 0 Å². The first kappa shape index (κ1) is 16.2. The van der Waals surface area contributed by atoms with E-state index in [0.717, 1.165) is 12.1 Å². The summed E-state index contributed by atoms with van der Waals surface area (Å²) in [5, 5.41) is 4.46. The highest BCUT2D eigenvalue weighted by Crippen LogP contribution is 2.29. The van der Waals surface area contributed by atoms with Crippen LogP contribution >= 0.6 is 23.4 Å². The molecule has 6 heteroatoms. The number of pyridine rings is 1. The van der Waals surface area contributed by atoms with E-state index < -0.39 is 0 Å². The number of nitrogens with one attached hydrogen (secondary N) is 1. The predicted octanol–water partition coefficient (Wildman–Crippen LogP) is 3.76. The third-order valence-electron chi connectivity index (χ3n) is 2.72. The Morgan fingerprint density at radius 2 is 2.19 bits per heavy atom. The lowest BCUT2D eigenvalue weighted by molar-refractivity contribution is 0.199. The van der Waals surface area contributed by atoms with E-state index in [1.54, 1.807) is 31.5 Å². The van der Waals surface area contributed by atoms with Crippen molar-refractivity contribution < 1.29 is 9.13 Å². The first-order valence-electron chi connectivity index (χ1n) is 6.46. The molecule has 0 radical (unpaired) electrons. The molecule has 112 valence electrons. The van der Waals surface area contributed by atoms with E-state index in [0.29, 0.717) is 28.1 Å². The summed E-state index contributed by atoms with van der Waals surface area (Å²) in [5.41, 5.74) is 0.900. The van der Waals surface area contributed by atoms with Gasteiger partial charge in [-0.3, -0.25) is 0 Å². The minimum atomic E-state index is -0.247. The third-order valence-corrected chi connectivity index (χ3v) is 3.95. The standard InChI is InChI=1S/C15H16ClFN2OS/c1-20-7-6-18-9-11-2-4-14(13(17)8-11)21-15-5-3-12(16)10-19-15/h2-5,8,10,18H,6-7,9H2,1H3. The van der Waals surface area contributed by atoms with Crippen molar-refractivity contribution in [3.05, 3.63) is 52.9 Å². The molecular weight excluding hydrogens is 311 g/mol. The zero-order chi connectivity index (χ0) is 15.1. The summed E-state index contributed by atoms with van der Waals surface area (Å²) >= 11 is 7.05. The fourth-order valence-electron chi connectivity index (χ4n) is 1.68. The second-order valence-corrected chi connectivity index (χ2v) is 5.85. The van der Waals surface area contributed by atoms with Crippen LogP contribution in [0.5, 0.6) is 0 Å². The molecule has 3 nitrogen and oxygen atoms in total. The number of halogens is 2. The Morgan fingerprint density at radius 3 is 2.86 bits per heavy atom. The highest BCUT2D eigenvalue weighted by Gasteiger charge is 2.06.